The first-order valence-corrected chi connectivity index (χ1v) is 8.31. The molecule has 1 saturated carbocycles. The predicted octanol–water partition coefficient (Wildman–Crippen LogP) is 4.32. The minimum absolute atomic E-state index is 0.241. The molecular weight excluding hydrogens is 251 g/mol. The highest BCUT2D eigenvalue weighted by Crippen LogP contribution is 2.52. The number of rotatable bonds is 8. The molecule has 106 valence electrons. The largest absolute Gasteiger partial charge is 0.475 e. The van der Waals surface area contributed by atoms with Crippen molar-refractivity contribution in [3.63, 3.8) is 0 Å². The Bertz CT molecular complexity index is 277. The summed E-state index contributed by atoms with van der Waals surface area (Å²) in [6.07, 6.45) is 7.34. The molecule has 1 unspecified atom stereocenters. The van der Waals surface area contributed by atoms with E-state index in [1.165, 1.54) is 19.3 Å². The smallest absolute Gasteiger partial charge is 0.287 e. The van der Waals surface area contributed by atoms with Gasteiger partial charge in [0.25, 0.3) is 0 Å². The number of phosphoric ester groups is 1. The zero-order valence-electron chi connectivity index (χ0n) is 11.5. The first-order valence-electron chi connectivity index (χ1n) is 6.85. The van der Waals surface area contributed by atoms with Crippen LogP contribution in [0.5, 0.6) is 0 Å². The predicted molar refractivity (Wildman–Crippen MR) is 72.5 cm³/mol. The average molecular weight is 276 g/mol. The molecule has 18 heavy (non-hydrogen) atoms. The molecule has 0 spiro atoms. The summed E-state index contributed by atoms with van der Waals surface area (Å²) in [4.78, 5) is 0. The second kappa shape index (κ2) is 8.11. The van der Waals surface area contributed by atoms with E-state index in [0.717, 1.165) is 12.8 Å². The van der Waals surface area contributed by atoms with E-state index < -0.39 is 7.82 Å². The van der Waals surface area contributed by atoms with Gasteiger partial charge in [-0.2, -0.15) is 0 Å². The average Bonchev–Trinajstić information content (AvgIpc) is 2.38. The molecule has 0 saturated heterocycles. The minimum atomic E-state index is -3.43. The van der Waals surface area contributed by atoms with Crippen molar-refractivity contribution in [1.82, 2.24) is 0 Å². The van der Waals surface area contributed by atoms with Crippen molar-refractivity contribution in [2.45, 2.75) is 52.1 Å². The zero-order valence-corrected chi connectivity index (χ0v) is 12.4. The highest BCUT2D eigenvalue weighted by atomic mass is 31.2. The monoisotopic (exact) mass is 276 g/mol. The maximum Gasteiger partial charge on any atom is 0.475 e. The first kappa shape index (κ1) is 15.9. The fraction of sp³-hybridized carbons (Fsp3) is 0.846. The van der Waals surface area contributed by atoms with Crippen molar-refractivity contribution < 1.29 is 18.1 Å². The fourth-order valence-electron chi connectivity index (χ4n) is 2.35. The Morgan fingerprint density at radius 3 is 2.22 bits per heavy atom. The molecule has 0 aromatic carbocycles. The van der Waals surface area contributed by atoms with Crippen LogP contribution in [0.3, 0.4) is 0 Å². The van der Waals surface area contributed by atoms with Crippen LogP contribution in [-0.2, 0) is 18.1 Å². The molecule has 0 aromatic rings. The van der Waals surface area contributed by atoms with Crippen LogP contribution >= 0.6 is 7.82 Å². The van der Waals surface area contributed by atoms with E-state index in [1.54, 1.807) is 19.9 Å². The zero-order chi connectivity index (χ0) is 13.4. The summed E-state index contributed by atoms with van der Waals surface area (Å²) >= 11 is 0. The van der Waals surface area contributed by atoms with Crippen LogP contribution in [0, 0.1) is 5.92 Å². The fourth-order valence-corrected chi connectivity index (χ4v) is 3.73. The lowest BCUT2D eigenvalue weighted by atomic mass is 9.85. The van der Waals surface area contributed by atoms with Gasteiger partial charge in [0.1, 0.15) is 0 Å². The van der Waals surface area contributed by atoms with Gasteiger partial charge < -0.3 is 0 Å². The second-order valence-electron chi connectivity index (χ2n) is 4.49. The molecule has 0 bridgehead atoms. The molecule has 1 atom stereocenters. The topological polar surface area (TPSA) is 44.8 Å². The summed E-state index contributed by atoms with van der Waals surface area (Å²) in [5, 5.41) is 0. The third-order valence-corrected chi connectivity index (χ3v) is 4.82. The molecule has 5 heteroatoms. The summed E-state index contributed by atoms with van der Waals surface area (Å²) in [7, 11) is -3.43. The van der Waals surface area contributed by atoms with Crippen molar-refractivity contribution in [3.05, 3.63) is 12.7 Å². The number of hydrogen-bond acceptors (Lipinski definition) is 4. The van der Waals surface area contributed by atoms with E-state index >= 15 is 0 Å². The third kappa shape index (κ3) is 4.85. The molecule has 0 aliphatic heterocycles. The molecule has 1 rings (SSSR count). The molecule has 1 fully saturated rings. The van der Waals surface area contributed by atoms with Gasteiger partial charge in [-0.3, -0.25) is 13.6 Å². The SMILES string of the molecule is C=CC(OP(=O)(OCC)OCC)C1CCCCC1. The Hall–Kier alpha value is -0.150. The molecule has 0 N–H and O–H groups in total. The maximum absolute atomic E-state index is 12.3. The Balaban J connectivity index is 2.63. The van der Waals surface area contributed by atoms with E-state index in [0.29, 0.717) is 19.1 Å². The van der Waals surface area contributed by atoms with Crippen LogP contribution in [0.15, 0.2) is 12.7 Å². The van der Waals surface area contributed by atoms with Gasteiger partial charge in [0.2, 0.25) is 0 Å². The summed E-state index contributed by atoms with van der Waals surface area (Å²) in [6.45, 7) is 7.96. The van der Waals surface area contributed by atoms with Crippen LogP contribution in [0.25, 0.3) is 0 Å². The summed E-state index contributed by atoms with van der Waals surface area (Å²) < 4.78 is 28.2. The van der Waals surface area contributed by atoms with E-state index in [9.17, 15) is 4.57 Å². The van der Waals surface area contributed by atoms with E-state index in [-0.39, 0.29) is 6.10 Å². The van der Waals surface area contributed by atoms with Gasteiger partial charge in [0.05, 0.1) is 19.3 Å². The van der Waals surface area contributed by atoms with Crippen LogP contribution < -0.4 is 0 Å². The van der Waals surface area contributed by atoms with Gasteiger partial charge in [0, 0.05) is 0 Å². The van der Waals surface area contributed by atoms with Crippen LogP contribution in [-0.4, -0.2) is 19.3 Å². The normalized spacial score (nSPS) is 19.7. The third-order valence-electron chi connectivity index (χ3n) is 3.17. The molecule has 0 heterocycles. The lowest BCUT2D eigenvalue weighted by Gasteiger charge is -2.30. The van der Waals surface area contributed by atoms with Crippen LogP contribution in [0.4, 0.5) is 0 Å². The molecule has 1 aliphatic rings. The van der Waals surface area contributed by atoms with Gasteiger partial charge >= 0.3 is 7.82 Å². The van der Waals surface area contributed by atoms with Crippen molar-refractivity contribution in [2.75, 3.05) is 13.2 Å². The van der Waals surface area contributed by atoms with E-state index in [4.69, 9.17) is 13.6 Å². The minimum Gasteiger partial charge on any atom is -0.287 e. The molecule has 0 aromatic heterocycles. The highest BCUT2D eigenvalue weighted by Gasteiger charge is 2.33. The first-order chi connectivity index (χ1) is 8.65. The molecular formula is C13H25O4P. The van der Waals surface area contributed by atoms with Gasteiger partial charge in [-0.15, -0.1) is 6.58 Å². The van der Waals surface area contributed by atoms with Crippen molar-refractivity contribution in [2.24, 2.45) is 5.92 Å². The van der Waals surface area contributed by atoms with Gasteiger partial charge in [-0.1, -0.05) is 25.3 Å². The lowest BCUT2D eigenvalue weighted by molar-refractivity contribution is 0.0672. The Morgan fingerprint density at radius 1 is 1.22 bits per heavy atom. The standard InChI is InChI=1S/C13H25O4P/c1-4-13(12-10-8-7-9-11-12)17-18(14,15-5-2)16-6-3/h4,12-13H,1,5-11H2,2-3H3. The number of hydrogen-bond donors (Lipinski definition) is 0. The second-order valence-corrected chi connectivity index (χ2v) is 6.11. The molecule has 0 radical (unpaired) electrons. The van der Waals surface area contributed by atoms with Crippen molar-refractivity contribution >= 4 is 7.82 Å². The Morgan fingerprint density at radius 2 is 1.78 bits per heavy atom. The Labute approximate surface area is 110 Å². The Kier molecular flexibility index (Phi) is 7.16. The molecule has 4 nitrogen and oxygen atoms in total. The van der Waals surface area contributed by atoms with E-state index in [2.05, 4.69) is 6.58 Å². The highest BCUT2D eigenvalue weighted by molar-refractivity contribution is 7.48. The molecule has 1 aliphatic carbocycles. The van der Waals surface area contributed by atoms with Crippen LogP contribution in [0.1, 0.15) is 46.0 Å². The lowest BCUT2D eigenvalue weighted by Crippen LogP contribution is -2.24. The summed E-state index contributed by atoms with van der Waals surface area (Å²) in [5.74, 6) is 0.380. The maximum atomic E-state index is 12.3. The van der Waals surface area contributed by atoms with Crippen molar-refractivity contribution in [1.29, 1.82) is 0 Å². The number of phosphoric acid groups is 1. The summed E-state index contributed by atoms with van der Waals surface area (Å²) in [6, 6.07) is 0. The molecule has 0 amide bonds. The van der Waals surface area contributed by atoms with Crippen molar-refractivity contribution in [3.8, 4) is 0 Å². The van der Waals surface area contributed by atoms with Gasteiger partial charge in [0.15, 0.2) is 0 Å². The van der Waals surface area contributed by atoms with Gasteiger partial charge in [-0.05, 0) is 32.6 Å². The summed E-state index contributed by atoms with van der Waals surface area (Å²) in [5.41, 5.74) is 0. The van der Waals surface area contributed by atoms with E-state index in [1.807, 2.05) is 0 Å². The van der Waals surface area contributed by atoms with Gasteiger partial charge in [-0.25, -0.2) is 4.57 Å². The quantitative estimate of drug-likeness (QED) is 0.489. The van der Waals surface area contributed by atoms with Crippen LogP contribution in [0.2, 0.25) is 0 Å².